The Morgan fingerprint density at radius 2 is 1.55 bits per heavy atom. The number of fused-ring (bicyclic) bond motifs is 2. The average Bonchev–Trinajstić information content (AvgIpc) is 3.08. The molecular weight excluding hydrogens is 270 g/mol. The van der Waals surface area contributed by atoms with E-state index in [0.29, 0.717) is 11.9 Å². The van der Waals surface area contributed by atoms with Crippen molar-refractivity contribution in [2.75, 3.05) is 0 Å². The monoisotopic (exact) mass is 301 g/mol. The Morgan fingerprint density at radius 3 is 2.05 bits per heavy atom. The standard InChI is InChI=1S/C20H31NO/c1-12(18-8-13-2-3-17(18)7-13)21-19(22)20-9-14-4-15(10-20)6-16(5-14)11-20/h12-18H,2-11H2,1H3,(H,21,22)/t12-,13-,14?,15?,16?,17-,18-,20?/m0/s1. The highest BCUT2D eigenvalue weighted by Crippen LogP contribution is 2.60. The second-order valence-electron chi connectivity index (χ2n) is 9.80. The number of hydrogen-bond donors (Lipinski definition) is 1. The molecule has 0 heterocycles. The number of carbonyl (C=O) groups excluding carboxylic acids is 1. The SMILES string of the molecule is C[C@H](NC(=O)C12CC3CC(CC(C3)C1)C2)[C@@H]1C[C@H]2CC[C@H]1C2. The lowest BCUT2D eigenvalue weighted by Crippen LogP contribution is -2.55. The Bertz CT molecular complexity index is 449. The molecule has 0 spiro atoms. The molecule has 6 fully saturated rings. The molecule has 122 valence electrons. The Kier molecular flexibility index (Phi) is 2.99. The summed E-state index contributed by atoms with van der Waals surface area (Å²) in [5.74, 6) is 5.73. The third kappa shape index (κ3) is 2.01. The highest BCUT2D eigenvalue weighted by molar-refractivity contribution is 5.83. The van der Waals surface area contributed by atoms with E-state index in [2.05, 4.69) is 12.2 Å². The molecule has 1 amide bonds. The summed E-state index contributed by atoms with van der Waals surface area (Å²) in [4.78, 5) is 13.2. The van der Waals surface area contributed by atoms with Crippen LogP contribution in [0.4, 0.5) is 0 Å². The van der Waals surface area contributed by atoms with Gasteiger partial charge in [0.2, 0.25) is 5.91 Å². The van der Waals surface area contributed by atoms with Gasteiger partial charge < -0.3 is 5.32 Å². The number of hydrogen-bond acceptors (Lipinski definition) is 1. The Morgan fingerprint density at radius 1 is 0.909 bits per heavy atom. The summed E-state index contributed by atoms with van der Waals surface area (Å²) in [5, 5.41) is 3.52. The topological polar surface area (TPSA) is 29.1 Å². The van der Waals surface area contributed by atoms with E-state index < -0.39 is 0 Å². The van der Waals surface area contributed by atoms with Crippen LogP contribution >= 0.6 is 0 Å². The van der Waals surface area contributed by atoms with E-state index in [0.717, 1.165) is 35.5 Å². The number of amides is 1. The van der Waals surface area contributed by atoms with Crippen LogP contribution < -0.4 is 5.32 Å². The van der Waals surface area contributed by atoms with Crippen molar-refractivity contribution in [3.05, 3.63) is 0 Å². The molecule has 6 saturated carbocycles. The highest BCUT2D eigenvalue weighted by atomic mass is 16.2. The summed E-state index contributed by atoms with van der Waals surface area (Å²) >= 11 is 0. The van der Waals surface area contributed by atoms with Crippen LogP contribution in [0.3, 0.4) is 0 Å². The summed E-state index contributed by atoms with van der Waals surface area (Å²) in [6.45, 7) is 2.30. The van der Waals surface area contributed by atoms with Crippen LogP contribution in [0.5, 0.6) is 0 Å². The van der Waals surface area contributed by atoms with E-state index in [-0.39, 0.29) is 5.41 Å². The van der Waals surface area contributed by atoms with Crippen LogP contribution in [0.15, 0.2) is 0 Å². The Hall–Kier alpha value is -0.530. The lowest BCUT2D eigenvalue weighted by molar-refractivity contribution is -0.147. The highest BCUT2D eigenvalue weighted by Gasteiger charge is 2.55. The number of carbonyl (C=O) groups is 1. The van der Waals surface area contributed by atoms with Crippen molar-refractivity contribution < 1.29 is 4.79 Å². The molecule has 6 bridgehead atoms. The molecule has 2 heteroatoms. The molecular formula is C20H31NO. The molecule has 22 heavy (non-hydrogen) atoms. The van der Waals surface area contributed by atoms with E-state index in [1.54, 1.807) is 0 Å². The first-order valence-corrected chi connectivity index (χ1v) is 9.92. The first-order chi connectivity index (χ1) is 10.6. The molecule has 0 radical (unpaired) electrons. The Balaban J connectivity index is 1.29. The van der Waals surface area contributed by atoms with Crippen LogP contribution in [0.2, 0.25) is 0 Å². The van der Waals surface area contributed by atoms with Crippen molar-refractivity contribution in [3.63, 3.8) is 0 Å². The third-order valence-corrected chi connectivity index (χ3v) is 8.31. The molecule has 4 atom stereocenters. The summed E-state index contributed by atoms with van der Waals surface area (Å²) in [6.07, 6.45) is 13.6. The predicted octanol–water partition coefficient (Wildman–Crippen LogP) is 4.14. The summed E-state index contributed by atoms with van der Waals surface area (Å²) in [5.41, 5.74) is 0.0423. The van der Waals surface area contributed by atoms with Gasteiger partial charge in [-0.1, -0.05) is 6.42 Å². The predicted molar refractivity (Wildman–Crippen MR) is 87.1 cm³/mol. The second-order valence-corrected chi connectivity index (χ2v) is 9.80. The van der Waals surface area contributed by atoms with Gasteiger partial charge in [-0.25, -0.2) is 0 Å². The maximum Gasteiger partial charge on any atom is 0.226 e. The van der Waals surface area contributed by atoms with Crippen molar-refractivity contribution in [1.29, 1.82) is 0 Å². The van der Waals surface area contributed by atoms with Crippen LogP contribution in [0.1, 0.15) is 71.1 Å². The number of nitrogens with one attached hydrogen (secondary N) is 1. The van der Waals surface area contributed by atoms with Crippen LogP contribution in [-0.4, -0.2) is 11.9 Å². The lowest BCUT2D eigenvalue weighted by Gasteiger charge is -2.56. The fraction of sp³-hybridized carbons (Fsp3) is 0.950. The van der Waals surface area contributed by atoms with Gasteiger partial charge in [-0.3, -0.25) is 4.79 Å². The minimum atomic E-state index is 0.0423. The average molecular weight is 301 g/mol. The van der Waals surface area contributed by atoms with E-state index in [1.807, 2.05) is 0 Å². The summed E-state index contributed by atoms with van der Waals surface area (Å²) in [7, 11) is 0. The smallest absolute Gasteiger partial charge is 0.226 e. The maximum absolute atomic E-state index is 13.2. The minimum Gasteiger partial charge on any atom is -0.353 e. The molecule has 0 aliphatic heterocycles. The molecule has 6 aliphatic rings. The molecule has 6 rings (SSSR count). The minimum absolute atomic E-state index is 0.0423. The van der Waals surface area contributed by atoms with E-state index in [1.165, 1.54) is 64.2 Å². The molecule has 0 unspecified atom stereocenters. The van der Waals surface area contributed by atoms with Gasteiger partial charge in [-0.15, -0.1) is 0 Å². The van der Waals surface area contributed by atoms with Gasteiger partial charge in [-0.2, -0.15) is 0 Å². The van der Waals surface area contributed by atoms with Gasteiger partial charge in [0.05, 0.1) is 0 Å². The van der Waals surface area contributed by atoms with Gasteiger partial charge in [0.25, 0.3) is 0 Å². The quantitative estimate of drug-likeness (QED) is 0.834. The molecule has 0 aromatic heterocycles. The second kappa shape index (κ2) is 4.74. The summed E-state index contributed by atoms with van der Waals surface area (Å²) < 4.78 is 0. The van der Waals surface area contributed by atoms with Crippen LogP contribution in [0.25, 0.3) is 0 Å². The van der Waals surface area contributed by atoms with Crippen molar-refractivity contribution in [1.82, 2.24) is 5.32 Å². The zero-order chi connectivity index (χ0) is 14.9. The maximum atomic E-state index is 13.2. The fourth-order valence-electron chi connectivity index (χ4n) is 7.76. The zero-order valence-electron chi connectivity index (χ0n) is 14.0. The Labute approximate surface area is 134 Å². The van der Waals surface area contributed by atoms with Crippen LogP contribution in [-0.2, 0) is 4.79 Å². The van der Waals surface area contributed by atoms with E-state index >= 15 is 0 Å². The largest absolute Gasteiger partial charge is 0.353 e. The molecule has 1 N–H and O–H groups in total. The molecule has 0 saturated heterocycles. The molecule has 6 aliphatic carbocycles. The van der Waals surface area contributed by atoms with Gasteiger partial charge in [0, 0.05) is 11.5 Å². The molecule has 2 nitrogen and oxygen atoms in total. The molecule has 0 aromatic rings. The first kappa shape index (κ1) is 13.9. The fourth-order valence-corrected chi connectivity index (χ4v) is 7.76. The number of rotatable bonds is 3. The lowest BCUT2D eigenvalue weighted by atomic mass is 9.49. The zero-order valence-corrected chi connectivity index (χ0v) is 14.0. The van der Waals surface area contributed by atoms with Crippen molar-refractivity contribution >= 4 is 5.91 Å². The van der Waals surface area contributed by atoms with Crippen molar-refractivity contribution in [3.8, 4) is 0 Å². The third-order valence-electron chi connectivity index (χ3n) is 8.31. The normalized spacial score (nSPS) is 53.0. The van der Waals surface area contributed by atoms with Gasteiger partial charge in [0.1, 0.15) is 0 Å². The van der Waals surface area contributed by atoms with Gasteiger partial charge in [0.15, 0.2) is 0 Å². The van der Waals surface area contributed by atoms with Crippen molar-refractivity contribution in [2.24, 2.45) is 40.9 Å². The van der Waals surface area contributed by atoms with E-state index in [9.17, 15) is 4.79 Å². The van der Waals surface area contributed by atoms with Crippen molar-refractivity contribution in [2.45, 2.75) is 77.2 Å². The van der Waals surface area contributed by atoms with Gasteiger partial charge >= 0.3 is 0 Å². The molecule has 0 aromatic carbocycles. The van der Waals surface area contributed by atoms with E-state index in [4.69, 9.17) is 0 Å². The first-order valence-electron chi connectivity index (χ1n) is 9.92. The van der Waals surface area contributed by atoms with Crippen LogP contribution in [0, 0.1) is 40.9 Å². The van der Waals surface area contributed by atoms with Gasteiger partial charge in [-0.05, 0) is 100 Å². The summed E-state index contributed by atoms with van der Waals surface area (Å²) in [6, 6.07) is 0.413.